The van der Waals surface area contributed by atoms with Gasteiger partial charge in [0.25, 0.3) is 0 Å². The summed E-state index contributed by atoms with van der Waals surface area (Å²) in [5.41, 5.74) is 5.85. The normalized spacial score (nSPS) is 11.5. The third-order valence-electron chi connectivity index (χ3n) is 6.16. The third-order valence-corrected chi connectivity index (χ3v) is 6.16. The second kappa shape index (κ2) is 11.2. The van der Waals surface area contributed by atoms with E-state index in [1.165, 1.54) is 42.6 Å². The van der Waals surface area contributed by atoms with Crippen LogP contribution in [0.4, 0.5) is 5.82 Å². The lowest BCUT2D eigenvalue weighted by Gasteiger charge is -2.19. The number of rotatable bonds is 12. The molecule has 2 aromatic heterocycles. The highest BCUT2D eigenvalue weighted by atomic mass is 15.1. The zero-order chi connectivity index (χ0) is 22.2. The second-order valence-corrected chi connectivity index (χ2v) is 8.95. The van der Waals surface area contributed by atoms with Gasteiger partial charge in [-0.05, 0) is 43.0 Å². The minimum absolute atomic E-state index is 0.709. The molecule has 3 rings (SSSR count). The summed E-state index contributed by atoms with van der Waals surface area (Å²) in [5, 5.41) is 13.7. The van der Waals surface area contributed by atoms with Gasteiger partial charge < -0.3 is 10.2 Å². The van der Waals surface area contributed by atoms with Crippen LogP contribution in [0.2, 0.25) is 0 Å². The Kier molecular flexibility index (Phi) is 8.31. The SMILES string of the molecule is CCCCCCCCc1c(C)c(C#N)c2nc3ccccc3n2c1NCCC[NH+](C)C. The molecule has 0 radical (unpaired) electrons. The van der Waals surface area contributed by atoms with E-state index in [-0.39, 0.29) is 0 Å². The molecular weight excluding hydrogens is 382 g/mol. The lowest BCUT2D eigenvalue weighted by atomic mass is 9.98. The van der Waals surface area contributed by atoms with E-state index < -0.39 is 0 Å². The van der Waals surface area contributed by atoms with E-state index in [4.69, 9.17) is 4.98 Å². The number of nitrogens with one attached hydrogen (secondary N) is 2. The summed E-state index contributed by atoms with van der Waals surface area (Å²) in [7, 11) is 4.38. The molecule has 2 heterocycles. The number of nitriles is 1. The van der Waals surface area contributed by atoms with E-state index in [1.54, 1.807) is 0 Å². The van der Waals surface area contributed by atoms with Gasteiger partial charge in [-0.3, -0.25) is 4.40 Å². The van der Waals surface area contributed by atoms with Crippen molar-refractivity contribution < 1.29 is 4.90 Å². The Hall–Kier alpha value is -2.58. The summed E-state index contributed by atoms with van der Waals surface area (Å²) >= 11 is 0. The molecule has 0 aliphatic rings. The van der Waals surface area contributed by atoms with Crippen molar-refractivity contribution in [3.8, 4) is 6.07 Å². The first-order chi connectivity index (χ1) is 15.1. The number of nitrogens with zero attached hydrogens (tertiary/aromatic N) is 3. The van der Waals surface area contributed by atoms with Crippen LogP contribution in [0.15, 0.2) is 24.3 Å². The molecule has 0 spiro atoms. The fraction of sp³-hybridized carbons (Fsp3) is 0.538. The third kappa shape index (κ3) is 5.37. The Morgan fingerprint density at radius 1 is 1.06 bits per heavy atom. The molecule has 0 amide bonds. The molecule has 166 valence electrons. The van der Waals surface area contributed by atoms with Gasteiger partial charge >= 0.3 is 0 Å². The van der Waals surface area contributed by atoms with E-state index in [0.29, 0.717) is 5.56 Å². The van der Waals surface area contributed by atoms with E-state index in [1.807, 2.05) is 12.1 Å². The van der Waals surface area contributed by atoms with Gasteiger partial charge in [-0.25, -0.2) is 4.98 Å². The highest BCUT2D eigenvalue weighted by molar-refractivity contribution is 5.86. The highest BCUT2D eigenvalue weighted by Crippen LogP contribution is 2.32. The van der Waals surface area contributed by atoms with E-state index in [2.05, 4.69) is 55.9 Å². The molecule has 0 atom stereocenters. The molecule has 0 unspecified atom stereocenters. The number of quaternary nitrogens is 1. The van der Waals surface area contributed by atoms with E-state index in [9.17, 15) is 5.26 Å². The standard InChI is InChI=1S/C26H37N5/c1-5-6-7-8-9-10-14-21-20(2)22(19-27)26-29-23-15-11-12-16-24(23)31(26)25(21)28-17-13-18-30(3)4/h11-12,15-16,28H,5-10,13-14,17-18H2,1-4H3/p+1. The van der Waals surface area contributed by atoms with Gasteiger partial charge in [0.05, 0.1) is 37.2 Å². The smallest absolute Gasteiger partial charge is 0.157 e. The molecular formula is C26H38N5+. The van der Waals surface area contributed by atoms with Crippen LogP contribution in [0.1, 0.15) is 68.6 Å². The monoisotopic (exact) mass is 420 g/mol. The number of imidazole rings is 1. The summed E-state index contributed by atoms with van der Waals surface area (Å²) in [4.78, 5) is 6.29. The predicted molar refractivity (Wildman–Crippen MR) is 130 cm³/mol. The first-order valence-corrected chi connectivity index (χ1v) is 11.9. The van der Waals surface area contributed by atoms with E-state index in [0.717, 1.165) is 60.4 Å². The lowest BCUT2D eigenvalue weighted by molar-refractivity contribution is -0.858. The molecule has 3 aromatic rings. The van der Waals surface area contributed by atoms with Gasteiger partial charge in [-0.15, -0.1) is 0 Å². The summed E-state index contributed by atoms with van der Waals surface area (Å²) in [6, 6.07) is 10.7. The van der Waals surface area contributed by atoms with E-state index >= 15 is 0 Å². The van der Waals surface area contributed by atoms with Crippen molar-refractivity contribution in [2.24, 2.45) is 0 Å². The molecule has 0 aliphatic heterocycles. The maximum absolute atomic E-state index is 9.97. The predicted octanol–water partition coefficient (Wildman–Crippen LogP) is 4.52. The van der Waals surface area contributed by atoms with Crippen LogP contribution in [0.3, 0.4) is 0 Å². The molecule has 0 bridgehead atoms. The fourth-order valence-corrected chi connectivity index (χ4v) is 4.41. The Labute approximate surface area is 187 Å². The number of unbranched alkanes of at least 4 members (excludes halogenated alkanes) is 5. The Bertz CT molecular complexity index is 1040. The molecule has 1 aromatic carbocycles. The zero-order valence-electron chi connectivity index (χ0n) is 19.7. The van der Waals surface area contributed by atoms with Crippen LogP contribution >= 0.6 is 0 Å². The molecule has 0 saturated carbocycles. The number of anilines is 1. The molecule has 31 heavy (non-hydrogen) atoms. The van der Waals surface area contributed by atoms with Gasteiger partial charge in [0.1, 0.15) is 11.9 Å². The highest BCUT2D eigenvalue weighted by Gasteiger charge is 2.20. The minimum atomic E-state index is 0.709. The summed E-state index contributed by atoms with van der Waals surface area (Å²) in [6.07, 6.45) is 9.72. The van der Waals surface area contributed by atoms with Crippen molar-refractivity contribution in [3.63, 3.8) is 0 Å². The van der Waals surface area contributed by atoms with Crippen molar-refractivity contribution in [1.82, 2.24) is 9.38 Å². The van der Waals surface area contributed by atoms with Gasteiger partial charge in [-0.1, -0.05) is 51.2 Å². The number of fused-ring (bicyclic) bond motifs is 3. The van der Waals surface area contributed by atoms with Crippen LogP contribution < -0.4 is 10.2 Å². The fourth-order valence-electron chi connectivity index (χ4n) is 4.41. The number of pyridine rings is 1. The maximum atomic E-state index is 9.97. The second-order valence-electron chi connectivity index (χ2n) is 8.95. The van der Waals surface area contributed by atoms with Crippen LogP contribution in [0.25, 0.3) is 16.7 Å². The number of aromatic nitrogens is 2. The number of benzene rings is 1. The molecule has 2 N–H and O–H groups in total. The topological polar surface area (TPSA) is 57.6 Å². The minimum Gasteiger partial charge on any atom is -0.371 e. The zero-order valence-corrected chi connectivity index (χ0v) is 19.7. The quantitative estimate of drug-likeness (QED) is 0.424. The molecule has 0 aliphatic carbocycles. The lowest BCUT2D eigenvalue weighted by Crippen LogP contribution is -3.05. The molecule has 0 saturated heterocycles. The van der Waals surface area contributed by atoms with Crippen molar-refractivity contribution in [2.75, 3.05) is 32.5 Å². The first kappa shape index (κ1) is 23.1. The van der Waals surface area contributed by atoms with Crippen LogP contribution in [-0.2, 0) is 6.42 Å². The number of hydrogen-bond donors (Lipinski definition) is 2. The average molecular weight is 421 g/mol. The number of para-hydroxylation sites is 2. The van der Waals surface area contributed by atoms with Gasteiger partial charge in [-0.2, -0.15) is 5.26 Å². The Morgan fingerprint density at radius 2 is 1.81 bits per heavy atom. The first-order valence-electron chi connectivity index (χ1n) is 11.9. The van der Waals surface area contributed by atoms with Crippen molar-refractivity contribution in [2.45, 2.75) is 65.2 Å². The maximum Gasteiger partial charge on any atom is 0.157 e. The Balaban J connectivity index is 1.99. The summed E-state index contributed by atoms with van der Waals surface area (Å²) in [6.45, 7) is 6.40. The molecule has 5 heteroatoms. The Morgan fingerprint density at radius 3 is 2.55 bits per heavy atom. The van der Waals surface area contributed by atoms with Gasteiger partial charge in [0.15, 0.2) is 5.65 Å². The van der Waals surface area contributed by atoms with Crippen LogP contribution in [-0.4, -0.2) is 36.6 Å². The van der Waals surface area contributed by atoms with Crippen molar-refractivity contribution in [3.05, 3.63) is 41.0 Å². The largest absolute Gasteiger partial charge is 0.371 e. The average Bonchev–Trinajstić information content (AvgIpc) is 3.13. The van der Waals surface area contributed by atoms with Crippen LogP contribution in [0.5, 0.6) is 0 Å². The summed E-state index contributed by atoms with van der Waals surface area (Å²) < 4.78 is 2.19. The molecule has 5 nitrogen and oxygen atoms in total. The number of hydrogen-bond acceptors (Lipinski definition) is 3. The summed E-state index contributed by atoms with van der Waals surface area (Å²) in [5.74, 6) is 1.13. The van der Waals surface area contributed by atoms with Gasteiger partial charge in [0.2, 0.25) is 0 Å². The van der Waals surface area contributed by atoms with Crippen molar-refractivity contribution in [1.29, 1.82) is 5.26 Å². The van der Waals surface area contributed by atoms with Crippen molar-refractivity contribution >= 4 is 22.5 Å². The van der Waals surface area contributed by atoms with Gasteiger partial charge in [0, 0.05) is 13.0 Å². The van der Waals surface area contributed by atoms with Crippen LogP contribution in [0, 0.1) is 18.3 Å². The molecule has 0 fully saturated rings.